The molecule has 1 aromatic rings. The molecule has 0 spiro atoms. The average Bonchev–Trinajstić information content (AvgIpc) is 2.22. The highest BCUT2D eigenvalue weighted by atomic mass is 15.1. The molecule has 1 aliphatic heterocycles. The lowest BCUT2D eigenvalue weighted by atomic mass is 10.2. The first-order chi connectivity index (χ1) is 7.25. The van der Waals surface area contributed by atoms with Crippen LogP contribution in [0.2, 0.25) is 0 Å². The summed E-state index contributed by atoms with van der Waals surface area (Å²) in [4.78, 5) is 8.46. The van der Waals surface area contributed by atoms with Crippen LogP contribution in [0.25, 0.3) is 0 Å². The van der Waals surface area contributed by atoms with E-state index in [1.807, 2.05) is 25.1 Å². The van der Waals surface area contributed by atoms with E-state index in [1.54, 1.807) is 6.20 Å². The van der Waals surface area contributed by atoms with Gasteiger partial charge in [0.15, 0.2) is 0 Å². The topological polar surface area (TPSA) is 63.3 Å². The number of aryl methyl sites for hydroxylation is 1. The molecule has 1 aromatic heterocycles. The van der Waals surface area contributed by atoms with Crippen LogP contribution in [0.5, 0.6) is 0 Å². The maximum atomic E-state index is 5.67. The monoisotopic (exact) mass is 202 g/mol. The number of aliphatic imine (C=N–C) groups is 1. The molecule has 0 unspecified atom stereocenters. The van der Waals surface area contributed by atoms with Crippen molar-refractivity contribution in [1.29, 1.82) is 0 Å². The predicted molar refractivity (Wildman–Crippen MR) is 61.5 cm³/mol. The van der Waals surface area contributed by atoms with Crippen molar-refractivity contribution >= 4 is 11.7 Å². The van der Waals surface area contributed by atoms with Crippen LogP contribution >= 0.6 is 0 Å². The molecular weight excluding hydrogens is 188 g/mol. The fraction of sp³-hybridized carbons (Fsp3) is 0.273. The van der Waals surface area contributed by atoms with Crippen molar-refractivity contribution in [3.05, 3.63) is 35.8 Å². The van der Waals surface area contributed by atoms with Gasteiger partial charge in [0, 0.05) is 12.6 Å². The van der Waals surface area contributed by atoms with Crippen LogP contribution in [0.15, 0.2) is 35.2 Å². The molecule has 3 N–H and O–H groups in total. The first kappa shape index (κ1) is 9.71. The standard InChI is InChI=1S/C11H14N4/c1-8-4-3-7-13-11(8)15-10-6-2-5-9(12)14-10/h3-4,6-7H,2,5H2,1H3,(H2,12,14)(H,13,15). The molecule has 4 nitrogen and oxygen atoms in total. The average molecular weight is 202 g/mol. The minimum atomic E-state index is 0.675. The molecule has 0 atom stereocenters. The second-order valence-electron chi connectivity index (χ2n) is 3.53. The molecular formula is C11H14N4. The molecule has 2 heterocycles. The van der Waals surface area contributed by atoms with Gasteiger partial charge in [-0.2, -0.15) is 0 Å². The van der Waals surface area contributed by atoms with E-state index in [1.165, 1.54) is 0 Å². The number of pyridine rings is 1. The number of nitrogens with zero attached hydrogens (tertiary/aromatic N) is 2. The zero-order chi connectivity index (χ0) is 10.7. The maximum Gasteiger partial charge on any atom is 0.134 e. The lowest BCUT2D eigenvalue weighted by Gasteiger charge is -2.12. The van der Waals surface area contributed by atoms with Crippen molar-refractivity contribution in [2.75, 3.05) is 5.32 Å². The van der Waals surface area contributed by atoms with Gasteiger partial charge in [0.05, 0.1) is 0 Å². The summed E-state index contributed by atoms with van der Waals surface area (Å²) in [5, 5.41) is 3.16. The van der Waals surface area contributed by atoms with Crippen molar-refractivity contribution in [2.24, 2.45) is 10.7 Å². The third-order valence-corrected chi connectivity index (χ3v) is 2.26. The van der Waals surface area contributed by atoms with E-state index in [-0.39, 0.29) is 0 Å². The fourth-order valence-electron chi connectivity index (χ4n) is 1.43. The Morgan fingerprint density at radius 1 is 1.47 bits per heavy atom. The van der Waals surface area contributed by atoms with Crippen LogP contribution in [0.1, 0.15) is 18.4 Å². The van der Waals surface area contributed by atoms with Gasteiger partial charge in [0.1, 0.15) is 17.5 Å². The summed E-state index contributed by atoms with van der Waals surface area (Å²) in [6.45, 7) is 2.01. The lowest BCUT2D eigenvalue weighted by molar-refractivity contribution is 1.00. The van der Waals surface area contributed by atoms with Crippen LogP contribution in [0.3, 0.4) is 0 Å². The number of allylic oxidation sites excluding steroid dienone is 1. The summed E-state index contributed by atoms with van der Waals surface area (Å²) in [5.74, 6) is 2.30. The molecule has 1 aliphatic rings. The van der Waals surface area contributed by atoms with E-state index in [2.05, 4.69) is 15.3 Å². The smallest absolute Gasteiger partial charge is 0.134 e. The Labute approximate surface area is 88.9 Å². The number of hydrogen-bond acceptors (Lipinski definition) is 4. The third kappa shape index (κ3) is 2.34. The van der Waals surface area contributed by atoms with Crippen molar-refractivity contribution < 1.29 is 0 Å². The normalized spacial score (nSPS) is 15.5. The summed E-state index contributed by atoms with van der Waals surface area (Å²) >= 11 is 0. The van der Waals surface area contributed by atoms with Crippen molar-refractivity contribution in [3.63, 3.8) is 0 Å². The minimum absolute atomic E-state index is 0.675. The van der Waals surface area contributed by atoms with E-state index in [0.29, 0.717) is 5.84 Å². The van der Waals surface area contributed by atoms with Crippen LogP contribution < -0.4 is 11.1 Å². The molecule has 0 radical (unpaired) electrons. The van der Waals surface area contributed by atoms with Gasteiger partial charge in [-0.25, -0.2) is 9.98 Å². The van der Waals surface area contributed by atoms with Gasteiger partial charge >= 0.3 is 0 Å². The van der Waals surface area contributed by atoms with Gasteiger partial charge in [-0.3, -0.25) is 0 Å². The van der Waals surface area contributed by atoms with Gasteiger partial charge in [-0.1, -0.05) is 6.07 Å². The molecule has 0 bridgehead atoms. The summed E-state index contributed by atoms with van der Waals surface area (Å²) in [6.07, 6.45) is 5.56. The first-order valence-corrected chi connectivity index (χ1v) is 4.97. The van der Waals surface area contributed by atoms with Gasteiger partial charge in [-0.05, 0) is 31.1 Å². The van der Waals surface area contributed by atoms with E-state index >= 15 is 0 Å². The molecule has 2 rings (SSSR count). The summed E-state index contributed by atoms with van der Waals surface area (Å²) in [5.41, 5.74) is 6.76. The Morgan fingerprint density at radius 3 is 3.07 bits per heavy atom. The van der Waals surface area contributed by atoms with Gasteiger partial charge in [-0.15, -0.1) is 0 Å². The molecule has 0 fully saturated rings. The van der Waals surface area contributed by atoms with E-state index in [0.717, 1.165) is 30.0 Å². The number of anilines is 1. The highest BCUT2D eigenvalue weighted by Crippen LogP contribution is 2.15. The van der Waals surface area contributed by atoms with Crippen LogP contribution in [0.4, 0.5) is 5.82 Å². The van der Waals surface area contributed by atoms with Crippen molar-refractivity contribution in [3.8, 4) is 0 Å². The maximum absolute atomic E-state index is 5.67. The SMILES string of the molecule is Cc1cccnc1NC1=CCCC(N)=N1. The number of nitrogens with two attached hydrogens (primary N) is 1. The third-order valence-electron chi connectivity index (χ3n) is 2.26. The van der Waals surface area contributed by atoms with Crippen molar-refractivity contribution in [1.82, 2.24) is 4.98 Å². The Bertz CT molecular complexity index is 420. The zero-order valence-corrected chi connectivity index (χ0v) is 8.70. The number of aromatic nitrogens is 1. The van der Waals surface area contributed by atoms with Gasteiger partial charge in [0.25, 0.3) is 0 Å². The second-order valence-corrected chi connectivity index (χ2v) is 3.53. The minimum Gasteiger partial charge on any atom is -0.387 e. The van der Waals surface area contributed by atoms with Crippen LogP contribution in [-0.2, 0) is 0 Å². The molecule has 0 aliphatic carbocycles. The fourth-order valence-corrected chi connectivity index (χ4v) is 1.43. The van der Waals surface area contributed by atoms with Crippen LogP contribution in [-0.4, -0.2) is 10.8 Å². The first-order valence-electron chi connectivity index (χ1n) is 4.97. The van der Waals surface area contributed by atoms with Crippen molar-refractivity contribution in [2.45, 2.75) is 19.8 Å². The Kier molecular flexibility index (Phi) is 2.67. The molecule has 0 saturated heterocycles. The predicted octanol–water partition coefficient (Wildman–Crippen LogP) is 1.79. The summed E-state index contributed by atoms with van der Waals surface area (Å²) < 4.78 is 0. The van der Waals surface area contributed by atoms with E-state index in [4.69, 9.17) is 5.73 Å². The largest absolute Gasteiger partial charge is 0.387 e. The van der Waals surface area contributed by atoms with Crippen LogP contribution in [0, 0.1) is 6.92 Å². The number of amidine groups is 1. The highest BCUT2D eigenvalue weighted by Gasteiger charge is 2.05. The summed E-state index contributed by atoms with van der Waals surface area (Å²) in [7, 11) is 0. The quantitative estimate of drug-likeness (QED) is 0.768. The van der Waals surface area contributed by atoms with E-state index in [9.17, 15) is 0 Å². The molecule has 4 heteroatoms. The summed E-state index contributed by atoms with van der Waals surface area (Å²) in [6, 6.07) is 3.92. The highest BCUT2D eigenvalue weighted by molar-refractivity contribution is 5.82. The van der Waals surface area contributed by atoms with Gasteiger partial charge < -0.3 is 11.1 Å². The zero-order valence-electron chi connectivity index (χ0n) is 8.70. The molecule has 0 aromatic carbocycles. The molecule has 0 amide bonds. The Morgan fingerprint density at radius 2 is 2.33 bits per heavy atom. The van der Waals surface area contributed by atoms with Gasteiger partial charge in [0.2, 0.25) is 0 Å². The Balaban J connectivity index is 2.16. The molecule has 0 saturated carbocycles. The van der Waals surface area contributed by atoms with E-state index < -0.39 is 0 Å². The Hall–Kier alpha value is -1.84. The lowest BCUT2D eigenvalue weighted by Crippen LogP contribution is -2.16. The number of hydrogen-bond donors (Lipinski definition) is 2. The molecule has 78 valence electrons. The number of nitrogens with one attached hydrogen (secondary N) is 1. The number of rotatable bonds is 2. The molecule has 15 heavy (non-hydrogen) atoms. The second kappa shape index (κ2) is 4.13.